The van der Waals surface area contributed by atoms with Gasteiger partial charge in [-0.3, -0.25) is 9.78 Å². The maximum absolute atomic E-state index is 12.8. The van der Waals surface area contributed by atoms with E-state index < -0.39 is 34.4 Å². The van der Waals surface area contributed by atoms with Gasteiger partial charge in [0.1, 0.15) is 16.1 Å². The van der Waals surface area contributed by atoms with Gasteiger partial charge in [0.2, 0.25) is 6.29 Å². The van der Waals surface area contributed by atoms with Crippen LogP contribution >= 0.6 is 0 Å². The van der Waals surface area contributed by atoms with Gasteiger partial charge < -0.3 is 9.47 Å². The van der Waals surface area contributed by atoms with E-state index in [9.17, 15) is 9.59 Å². The quantitative estimate of drug-likeness (QED) is 0.0450. The fraction of sp³-hybridized carbons (Fsp3) is 0.371. The number of rotatable bonds is 23. The maximum atomic E-state index is 12.8. The molecule has 0 amide bonds. The molecule has 0 aliphatic rings. The van der Waals surface area contributed by atoms with Gasteiger partial charge in [-0.2, -0.15) is 0 Å². The van der Waals surface area contributed by atoms with E-state index in [2.05, 4.69) is 47.1 Å². The summed E-state index contributed by atoms with van der Waals surface area (Å²) < 4.78 is 11.1. The van der Waals surface area contributed by atoms with E-state index in [4.69, 9.17) is 29.0 Å². The van der Waals surface area contributed by atoms with E-state index in [1.54, 1.807) is 24.3 Å². The van der Waals surface area contributed by atoms with Gasteiger partial charge in [0.25, 0.3) is 0 Å². The fourth-order valence-corrected chi connectivity index (χ4v) is 9.47. The van der Waals surface area contributed by atoms with Crippen LogP contribution in [0.5, 0.6) is 0 Å². The van der Waals surface area contributed by atoms with Crippen molar-refractivity contribution in [3.63, 3.8) is 0 Å². The SMILES string of the molecule is C=C[Si](C=C)(CC)c1ccc(C(=O)OOC(CCOCCCOCCC)OOC(=O)c2ccc([Si](C=C)(C=C)CC)cc2)cc1. The molecule has 2 rings (SSSR count). The van der Waals surface area contributed by atoms with Crippen molar-refractivity contribution in [2.75, 3.05) is 26.4 Å². The zero-order valence-corrected chi connectivity index (χ0v) is 29.0. The molecule has 0 N–H and O–H groups in total. The average molecular weight is 653 g/mol. The summed E-state index contributed by atoms with van der Waals surface area (Å²) in [6, 6.07) is 16.0. The molecule has 45 heavy (non-hydrogen) atoms. The van der Waals surface area contributed by atoms with E-state index in [-0.39, 0.29) is 24.2 Å². The molecule has 0 aliphatic heterocycles. The van der Waals surface area contributed by atoms with Crippen LogP contribution in [-0.2, 0) is 29.0 Å². The van der Waals surface area contributed by atoms with Crippen LogP contribution in [0.1, 0.15) is 60.7 Å². The van der Waals surface area contributed by atoms with Crippen LogP contribution in [0.4, 0.5) is 0 Å². The second-order valence-electron chi connectivity index (χ2n) is 10.5. The van der Waals surface area contributed by atoms with E-state index in [0.29, 0.717) is 19.8 Å². The van der Waals surface area contributed by atoms with Crippen molar-refractivity contribution in [3.8, 4) is 0 Å². The van der Waals surface area contributed by atoms with Crippen LogP contribution in [0, 0.1) is 0 Å². The van der Waals surface area contributed by atoms with Gasteiger partial charge in [-0.15, -0.1) is 36.1 Å². The molecule has 10 heteroatoms. The van der Waals surface area contributed by atoms with Crippen molar-refractivity contribution >= 4 is 38.5 Å². The third-order valence-corrected chi connectivity index (χ3v) is 15.9. The predicted octanol–water partition coefficient (Wildman–Crippen LogP) is 6.37. The first-order chi connectivity index (χ1) is 21.8. The molecule has 0 aliphatic carbocycles. The Morgan fingerprint density at radius 3 is 1.40 bits per heavy atom. The van der Waals surface area contributed by atoms with Gasteiger partial charge in [-0.1, -0.05) is 78.2 Å². The summed E-state index contributed by atoms with van der Waals surface area (Å²) in [4.78, 5) is 46.2. The number of carbonyl (C=O) groups is 2. The number of carbonyl (C=O) groups excluding carboxylic acids is 2. The summed E-state index contributed by atoms with van der Waals surface area (Å²) in [7, 11) is -4.08. The van der Waals surface area contributed by atoms with Gasteiger partial charge in [0.15, 0.2) is 0 Å². The summed E-state index contributed by atoms with van der Waals surface area (Å²) >= 11 is 0. The topological polar surface area (TPSA) is 89.5 Å². The molecule has 2 aromatic carbocycles. The van der Waals surface area contributed by atoms with Gasteiger partial charge in [0, 0.05) is 26.2 Å². The predicted molar refractivity (Wildman–Crippen MR) is 183 cm³/mol. The number of hydrogen-bond acceptors (Lipinski definition) is 8. The molecular formula is C35H48O8Si2. The Morgan fingerprint density at radius 2 is 1.04 bits per heavy atom. The Bertz CT molecular complexity index is 1140. The molecule has 2 aromatic rings. The Balaban J connectivity index is 2.03. The minimum absolute atomic E-state index is 0.126. The molecular weight excluding hydrogens is 605 g/mol. The molecule has 0 fully saturated rings. The van der Waals surface area contributed by atoms with Gasteiger partial charge >= 0.3 is 11.9 Å². The minimum Gasteiger partial charge on any atom is -0.381 e. The highest BCUT2D eigenvalue weighted by Crippen LogP contribution is 2.16. The first-order valence-electron chi connectivity index (χ1n) is 15.4. The summed E-state index contributed by atoms with van der Waals surface area (Å²) in [6.07, 6.45) is 0.581. The average Bonchev–Trinajstić information content (AvgIpc) is 3.09. The van der Waals surface area contributed by atoms with Crippen LogP contribution < -0.4 is 10.4 Å². The fourth-order valence-electron chi connectivity index (χ4n) is 4.65. The lowest BCUT2D eigenvalue weighted by Crippen LogP contribution is -2.43. The molecule has 8 nitrogen and oxygen atoms in total. The second-order valence-corrected chi connectivity index (χ2v) is 18.9. The Hall–Kier alpha value is -3.39. The number of benzene rings is 2. The van der Waals surface area contributed by atoms with E-state index in [1.807, 2.05) is 47.1 Å². The first-order valence-corrected chi connectivity index (χ1v) is 20.2. The van der Waals surface area contributed by atoms with Crippen LogP contribution in [-0.4, -0.2) is 60.8 Å². The highest BCUT2D eigenvalue weighted by Gasteiger charge is 2.28. The maximum Gasteiger partial charge on any atom is 0.373 e. The molecule has 0 heterocycles. The lowest BCUT2D eigenvalue weighted by molar-refractivity contribution is -0.422. The largest absolute Gasteiger partial charge is 0.381 e. The zero-order valence-electron chi connectivity index (χ0n) is 27.0. The van der Waals surface area contributed by atoms with Crippen LogP contribution in [0.3, 0.4) is 0 Å². The molecule has 0 spiro atoms. The third kappa shape index (κ3) is 10.9. The third-order valence-electron chi connectivity index (χ3n) is 7.83. The number of hydrogen-bond donors (Lipinski definition) is 0. The molecule has 0 radical (unpaired) electrons. The van der Waals surface area contributed by atoms with Crippen molar-refractivity contribution in [2.24, 2.45) is 0 Å². The molecule has 0 bridgehead atoms. The monoisotopic (exact) mass is 652 g/mol. The molecule has 0 aromatic heterocycles. The molecule has 0 saturated carbocycles. The number of ether oxygens (including phenoxy) is 2. The lowest BCUT2D eigenvalue weighted by Gasteiger charge is -2.23. The van der Waals surface area contributed by atoms with Crippen molar-refractivity contribution in [3.05, 3.63) is 109 Å². The first kappa shape index (κ1) is 37.8. The highest BCUT2D eigenvalue weighted by atomic mass is 28.3. The minimum atomic E-state index is -2.04. The molecule has 0 unspecified atom stereocenters. The van der Waals surface area contributed by atoms with Gasteiger partial charge in [0.05, 0.1) is 17.7 Å². The molecule has 244 valence electrons. The summed E-state index contributed by atoms with van der Waals surface area (Å²) in [5.74, 6) is -1.44. The van der Waals surface area contributed by atoms with E-state index in [0.717, 1.165) is 35.3 Å². The van der Waals surface area contributed by atoms with Crippen LogP contribution in [0.15, 0.2) is 97.6 Å². The Morgan fingerprint density at radius 1 is 0.644 bits per heavy atom. The molecule has 0 atom stereocenters. The van der Waals surface area contributed by atoms with Gasteiger partial charge in [-0.25, -0.2) is 9.59 Å². The summed E-state index contributed by atoms with van der Waals surface area (Å²) in [5.41, 5.74) is 8.45. The summed E-state index contributed by atoms with van der Waals surface area (Å²) in [6.45, 7) is 24.2. The Kier molecular flexibility index (Phi) is 16.7. The van der Waals surface area contributed by atoms with E-state index in [1.165, 1.54) is 0 Å². The second kappa shape index (κ2) is 19.9. The smallest absolute Gasteiger partial charge is 0.373 e. The Labute approximate surface area is 270 Å². The zero-order chi connectivity index (χ0) is 33.1. The standard InChI is InChI=1S/C35H48O8Si2/c1-8-25-38-26-15-27-39-28-24-33(40-42-34(36)29-16-20-31(21-17-29)44(9-2,10-3)11-4)41-43-35(37)30-18-22-32(23-19-30)45(12-5,13-6)14-7/h9-10,12-13,16-23,33H,2-3,5-6,8,11,14-15,24-28H2,1,4,7H3. The van der Waals surface area contributed by atoms with Crippen molar-refractivity contribution < 1.29 is 38.6 Å². The van der Waals surface area contributed by atoms with Gasteiger partial charge in [-0.05, 0) is 49.2 Å². The van der Waals surface area contributed by atoms with Crippen molar-refractivity contribution in [2.45, 2.75) is 58.4 Å². The lowest BCUT2D eigenvalue weighted by atomic mass is 10.2. The summed E-state index contributed by atoms with van der Waals surface area (Å²) in [5, 5.41) is 2.17. The van der Waals surface area contributed by atoms with Crippen molar-refractivity contribution in [1.82, 2.24) is 0 Å². The van der Waals surface area contributed by atoms with E-state index >= 15 is 0 Å². The highest BCUT2D eigenvalue weighted by molar-refractivity contribution is 7.00. The van der Waals surface area contributed by atoms with Crippen LogP contribution in [0.25, 0.3) is 0 Å². The van der Waals surface area contributed by atoms with Crippen LogP contribution in [0.2, 0.25) is 12.1 Å². The molecule has 0 saturated heterocycles. The van der Waals surface area contributed by atoms with Crippen molar-refractivity contribution in [1.29, 1.82) is 0 Å². The normalized spacial score (nSPS) is 11.6.